The lowest BCUT2D eigenvalue weighted by Gasteiger charge is -2.34. The van der Waals surface area contributed by atoms with Gasteiger partial charge in [0.05, 0.1) is 18.5 Å². The molecule has 8 heteroatoms. The van der Waals surface area contributed by atoms with Crippen molar-refractivity contribution in [3.05, 3.63) is 119 Å². The van der Waals surface area contributed by atoms with Crippen molar-refractivity contribution in [2.24, 2.45) is 5.73 Å². The first-order chi connectivity index (χ1) is 17.7. The number of halogens is 2. The van der Waals surface area contributed by atoms with Gasteiger partial charge in [-0.15, -0.1) is 0 Å². The van der Waals surface area contributed by atoms with E-state index in [4.69, 9.17) is 5.73 Å². The summed E-state index contributed by atoms with van der Waals surface area (Å²) in [6.07, 6.45) is 3.13. The Morgan fingerprint density at radius 3 is 2.05 bits per heavy atom. The largest absolute Gasteiger partial charge is 0.344 e. The van der Waals surface area contributed by atoms with Crippen LogP contribution in [0.15, 0.2) is 91.0 Å². The summed E-state index contributed by atoms with van der Waals surface area (Å²) in [6.45, 7) is 1.42. The highest BCUT2D eigenvalue weighted by Gasteiger charge is 2.42. The monoisotopic (exact) mass is 503 g/mol. The van der Waals surface area contributed by atoms with Gasteiger partial charge in [0.25, 0.3) is 0 Å². The fourth-order valence-corrected chi connectivity index (χ4v) is 4.49. The number of nitrogens with two attached hydrogens (primary N) is 1. The van der Waals surface area contributed by atoms with E-state index < -0.39 is 59.8 Å². The van der Waals surface area contributed by atoms with Crippen LogP contribution in [0.1, 0.15) is 35.6 Å². The van der Waals surface area contributed by atoms with Crippen LogP contribution in [-0.2, 0) is 20.8 Å². The third-order valence-corrected chi connectivity index (χ3v) is 6.21. The summed E-state index contributed by atoms with van der Waals surface area (Å²) in [6, 6.07) is 18.2. The van der Waals surface area contributed by atoms with Crippen LogP contribution in [0, 0.1) is 11.6 Å². The Labute approximate surface area is 213 Å². The average molecular weight is 504 g/mol. The number of amides is 3. The molecule has 3 N–H and O–H groups in total. The molecule has 0 spiro atoms. The molecule has 4 rings (SSSR count). The zero-order valence-electron chi connectivity index (χ0n) is 20.2. The van der Waals surface area contributed by atoms with Crippen molar-refractivity contribution in [1.82, 2.24) is 10.2 Å². The van der Waals surface area contributed by atoms with Crippen molar-refractivity contribution in [3.63, 3.8) is 0 Å². The minimum absolute atomic E-state index is 0.0352. The average Bonchev–Trinajstić information content (AvgIpc) is 3.03. The van der Waals surface area contributed by atoms with Gasteiger partial charge in [0, 0.05) is 12.0 Å². The molecule has 0 aliphatic carbocycles. The number of imide groups is 1. The maximum Gasteiger partial charge on any atom is 0.246 e. The molecule has 6 nitrogen and oxygen atoms in total. The zero-order valence-corrected chi connectivity index (χ0v) is 20.2. The SMILES string of the molecule is C[C@H](N)C(=O)N(C(=O)Cc1cc(F)cc(F)c1)[C@@H]1C(=O)N[C@H](c2ccccc2)C=C[C@H]1c1ccccc1. The topological polar surface area (TPSA) is 92.5 Å². The molecule has 0 saturated heterocycles. The van der Waals surface area contributed by atoms with Gasteiger partial charge in [0.2, 0.25) is 17.7 Å². The summed E-state index contributed by atoms with van der Waals surface area (Å²) in [5, 5.41) is 2.92. The summed E-state index contributed by atoms with van der Waals surface area (Å²) in [5.74, 6) is -4.51. The zero-order chi connectivity index (χ0) is 26.5. The molecule has 0 aromatic heterocycles. The van der Waals surface area contributed by atoms with Crippen molar-refractivity contribution >= 4 is 17.7 Å². The van der Waals surface area contributed by atoms with Crippen molar-refractivity contribution in [1.29, 1.82) is 0 Å². The lowest BCUT2D eigenvalue weighted by atomic mass is 9.89. The summed E-state index contributed by atoms with van der Waals surface area (Å²) < 4.78 is 27.6. The molecular weight excluding hydrogens is 476 g/mol. The van der Waals surface area contributed by atoms with Crippen molar-refractivity contribution in [2.75, 3.05) is 0 Å². The first-order valence-electron chi connectivity index (χ1n) is 11.9. The van der Waals surface area contributed by atoms with E-state index in [9.17, 15) is 23.2 Å². The highest BCUT2D eigenvalue weighted by atomic mass is 19.1. The lowest BCUT2D eigenvalue weighted by Crippen LogP contribution is -2.58. The summed E-state index contributed by atoms with van der Waals surface area (Å²) >= 11 is 0. The van der Waals surface area contributed by atoms with Gasteiger partial charge in [0.1, 0.15) is 17.7 Å². The van der Waals surface area contributed by atoms with E-state index in [0.717, 1.165) is 22.6 Å². The van der Waals surface area contributed by atoms with Crippen molar-refractivity contribution in [3.8, 4) is 0 Å². The van der Waals surface area contributed by atoms with E-state index in [-0.39, 0.29) is 5.56 Å². The van der Waals surface area contributed by atoms with Crippen LogP contribution in [0.25, 0.3) is 0 Å². The fourth-order valence-electron chi connectivity index (χ4n) is 4.49. The van der Waals surface area contributed by atoms with E-state index in [0.29, 0.717) is 11.6 Å². The minimum atomic E-state index is -1.28. The van der Waals surface area contributed by atoms with Gasteiger partial charge in [0.15, 0.2) is 0 Å². The van der Waals surface area contributed by atoms with Crippen LogP contribution in [-0.4, -0.2) is 34.7 Å². The van der Waals surface area contributed by atoms with Crippen LogP contribution >= 0.6 is 0 Å². The number of rotatable bonds is 6. The number of nitrogens with zero attached hydrogens (tertiary/aromatic N) is 1. The molecule has 0 fully saturated rings. The molecule has 3 amide bonds. The van der Waals surface area contributed by atoms with Crippen LogP contribution in [0.3, 0.4) is 0 Å². The predicted octanol–water partition coefficient (Wildman–Crippen LogP) is 3.79. The quantitative estimate of drug-likeness (QED) is 0.501. The number of hydrogen-bond acceptors (Lipinski definition) is 4. The summed E-state index contributed by atoms with van der Waals surface area (Å²) in [5.41, 5.74) is 7.47. The summed E-state index contributed by atoms with van der Waals surface area (Å²) in [7, 11) is 0. The Hall–Kier alpha value is -4.17. The molecule has 1 aliphatic heterocycles. The molecule has 37 heavy (non-hydrogen) atoms. The Morgan fingerprint density at radius 2 is 1.49 bits per heavy atom. The highest BCUT2D eigenvalue weighted by molar-refractivity contribution is 6.03. The number of carbonyl (C=O) groups is 3. The molecule has 0 saturated carbocycles. The third kappa shape index (κ3) is 5.98. The first kappa shape index (κ1) is 25.9. The van der Waals surface area contributed by atoms with Gasteiger partial charge >= 0.3 is 0 Å². The van der Waals surface area contributed by atoms with Gasteiger partial charge in [-0.25, -0.2) is 8.78 Å². The Kier molecular flexibility index (Phi) is 7.89. The second-order valence-corrected chi connectivity index (χ2v) is 9.01. The molecule has 0 unspecified atom stereocenters. The normalized spacial score (nSPS) is 20.0. The highest BCUT2D eigenvalue weighted by Crippen LogP contribution is 2.31. The second-order valence-electron chi connectivity index (χ2n) is 9.01. The molecule has 1 aliphatic rings. The molecule has 1 heterocycles. The minimum Gasteiger partial charge on any atom is -0.344 e. The first-order valence-corrected chi connectivity index (χ1v) is 11.9. The van der Waals surface area contributed by atoms with E-state index in [1.165, 1.54) is 6.92 Å². The predicted molar refractivity (Wildman–Crippen MR) is 135 cm³/mol. The van der Waals surface area contributed by atoms with Crippen LogP contribution in [0.2, 0.25) is 0 Å². The molecule has 3 aromatic rings. The van der Waals surface area contributed by atoms with E-state index in [1.807, 2.05) is 42.5 Å². The number of carbonyl (C=O) groups excluding carboxylic acids is 3. The van der Waals surface area contributed by atoms with Crippen LogP contribution in [0.5, 0.6) is 0 Å². The number of nitrogens with one attached hydrogen (secondary N) is 1. The van der Waals surface area contributed by atoms with Crippen molar-refractivity contribution < 1.29 is 23.2 Å². The van der Waals surface area contributed by atoms with Gasteiger partial charge in [-0.1, -0.05) is 72.8 Å². The molecule has 0 radical (unpaired) electrons. The molecular formula is C29H27F2N3O3. The van der Waals surface area contributed by atoms with E-state index >= 15 is 0 Å². The number of benzene rings is 3. The smallest absolute Gasteiger partial charge is 0.246 e. The fraction of sp³-hybridized carbons (Fsp3) is 0.207. The van der Waals surface area contributed by atoms with Gasteiger partial charge < -0.3 is 11.1 Å². The molecule has 0 bridgehead atoms. The summed E-state index contributed by atoms with van der Waals surface area (Å²) in [4.78, 5) is 41.5. The Morgan fingerprint density at radius 1 is 0.919 bits per heavy atom. The lowest BCUT2D eigenvalue weighted by molar-refractivity contribution is -0.152. The number of hydrogen-bond donors (Lipinski definition) is 2. The Balaban J connectivity index is 1.78. The molecule has 4 atom stereocenters. The third-order valence-electron chi connectivity index (χ3n) is 6.21. The second kappa shape index (κ2) is 11.3. The van der Waals surface area contributed by atoms with E-state index in [2.05, 4.69) is 5.32 Å². The maximum atomic E-state index is 13.8. The van der Waals surface area contributed by atoms with Gasteiger partial charge in [-0.2, -0.15) is 0 Å². The van der Waals surface area contributed by atoms with Gasteiger partial charge in [-0.3, -0.25) is 19.3 Å². The molecule has 190 valence electrons. The maximum absolute atomic E-state index is 13.8. The standard InChI is InChI=1S/C29H27F2N3O3/c1-18(32)29(37)34(26(35)16-19-14-22(30)17-23(31)15-19)27-24(20-8-4-2-5-9-20)12-13-25(33-28(27)36)21-10-6-3-7-11-21/h2-15,17-18,24-25,27H,16,32H2,1H3,(H,33,36)/t18-,24-,25-,27-/m0/s1. The Bertz CT molecular complexity index is 1290. The van der Waals surface area contributed by atoms with Crippen molar-refractivity contribution in [2.45, 2.75) is 37.4 Å². The molecule has 3 aromatic carbocycles. The van der Waals surface area contributed by atoms with E-state index in [1.54, 1.807) is 30.3 Å². The van der Waals surface area contributed by atoms with Crippen LogP contribution < -0.4 is 11.1 Å². The van der Waals surface area contributed by atoms with Crippen LogP contribution in [0.4, 0.5) is 8.78 Å². The van der Waals surface area contributed by atoms with Gasteiger partial charge in [-0.05, 0) is 35.7 Å².